The van der Waals surface area contributed by atoms with Gasteiger partial charge in [0.25, 0.3) is 0 Å². The van der Waals surface area contributed by atoms with E-state index in [0.717, 1.165) is 11.2 Å². The average Bonchev–Trinajstić information content (AvgIpc) is 3.00. The molecular weight excluding hydrogens is 316 g/mol. The van der Waals surface area contributed by atoms with Crippen LogP contribution in [0.4, 0.5) is 0 Å². The molecule has 0 bridgehead atoms. The van der Waals surface area contributed by atoms with Crippen molar-refractivity contribution < 1.29 is 4.42 Å². The van der Waals surface area contributed by atoms with Crippen LogP contribution in [0.15, 0.2) is 65.1 Å². The van der Waals surface area contributed by atoms with Crippen molar-refractivity contribution in [3.05, 3.63) is 71.8 Å². The molecular formula is C25H22O. The summed E-state index contributed by atoms with van der Waals surface area (Å²) in [6, 6.07) is 21.9. The number of aryl methyl sites for hydroxylation is 1. The predicted molar refractivity (Wildman–Crippen MR) is 112 cm³/mol. The normalized spacial score (nSPS) is 12.6. The summed E-state index contributed by atoms with van der Waals surface area (Å²) in [7, 11) is 0. The summed E-state index contributed by atoms with van der Waals surface area (Å²) in [6.45, 7) is 8.95. The Morgan fingerprint density at radius 2 is 1.23 bits per heavy atom. The first kappa shape index (κ1) is 15.5. The fraction of sp³-hybridized carbons (Fsp3) is 0.200. The van der Waals surface area contributed by atoms with Gasteiger partial charge < -0.3 is 4.42 Å². The van der Waals surface area contributed by atoms with Gasteiger partial charge in [0, 0.05) is 16.2 Å². The van der Waals surface area contributed by atoms with Crippen LogP contribution in [0.25, 0.3) is 43.5 Å². The molecule has 0 aliphatic rings. The molecule has 0 aliphatic carbocycles. The van der Waals surface area contributed by atoms with E-state index < -0.39 is 0 Å². The van der Waals surface area contributed by atoms with E-state index in [4.69, 9.17) is 4.42 Å². The minimum Gasteiger partial charge on any atom is -0.455 e. The van der Waals surface area contributed by atoms with Crippen LogP contribution in [0.2, 0.25) is 0 Å². The highest BCUT2D eigenvalue weighted by atomic mass is 16.3. The lowest BCUT2D eigenvalue weighted by molar-refractivity contribution is 0.583. The Kier molecular flexibility index (Phi) is 3.04. The zero-order valence-electron chi connectivity index (χ0n) is 15.7. The van der Waals surface area contributed by atoms with Crippen molar-refractivity contribution in [3.8, 4) is 0 Å². The monoisotopic (exact) mass is 338 g/mol. The van der Waals surface area contributed by atoms with Crippen molar-refractivity contribution in [2.24, 2.45) is 0 Å². The van der Waals surface area contributed by atoms with Gasteiger partial charge in [0.2, 0.25) is 0 Å². The van der Waals surface area contributed by atoms with Gasteiger partial charge in [0.1, 0.15) is 11.2 Å². The molecule has 0 spiro atoms. The third-order valence-corrected chi connectivity index (χ3v) is 5.58. The van der Waals surface area contributed by atoms with E-state index in [2.05, 4.69) is 88.4 Å². The van der Waals surface area contributed by atoms with Crippen LogP contribution >= 0.6 is 0 Å². The lowest BCUT2D eigenvalue weighted by Crippen LogP contribution is -2.12. The Labute approximate surface area is 153 Å². The fourth-order valence-electron chi connectivity index (χ4n) is 4.33. The topological polar surface area (TPSA) is 13.1 Å². The second kappa shape index (κ2) is 5.11. The highest BCUT2D eigenvalue weighted by Gasteiger charge is 2.20. The molecule has 0 N–H and O–H groups in total. The lowest BCUT2D eigenvalue weighted by atomic mass is 9.83. The molecule has 0 saturated heterocycles. The first-order valence-corrected chi connectivity index (χ1v) is 9.22. The van der Waals surface area contributed by atoms with Crippen molar-refractivity contribution in [2.75, 3.05) is 0 Å². The minimum absolute atomic E-state index is 0.107. The number of fused-ring (bicyclic) bond motifs is 7. The summed E-state index contributed by atoms with van der Waals surface area (Å²) >= 11 is 0. The highest BCUT2D eigenvalue weighted by Crippen LogP contribution is 2.40. The number of furan rings is 1. The maximum Gasteiger partial charge on any atom is 0.143 e. The van der Waals surface area contributed by atoms with Gasteiger partial charge >= 0.3 is 0 Å². The number of hydrogen-bond acceptors (Lipinski definition) is 1. The molecule has 5 rings (SSSR count). The van der Waals surface area contributed by atoms with Crippen molar-refractivity contribution in [1.82, 2.24) is 0 Å². The Morgan fingerprint density at radius 3 is 2.04 bits per heavy atom. The standard InChI is InChI=1S/C25H22O/c1-15-22(25(2,3)4)14-13-20-21-12-11-18-17-8-6-5-7-16(17)9-10-19(18)24(21)26-23(15)20/h5-14H,1-4H3. The van der Waals surface area contributed by atoms with Gasteiger partial charge in [-0.05, 0) is 51.8 Å². The van der Waals surface area contributed by atoms with Crippen molar-refractivity contribution in [2.45, 2.75) is 33.1 Å². The third kappa shape index (κ3) is 2.03. The van der Waals surface area contributed by atoms with Crippen molar-refractivity contribution in [3.63, 3.8) is 0 Å². The summed E-state index contributed by atoms with van der Waals surface area (Å²) in [5.74, 6) is 0. The van der Waals surface area contributed by atoms with Crippen molar-refractivity contribution in [1.29, 1.82) is 0 Å². The fourth-order valence-corrected chi connectivity index (χ4v) is 4.33. The van der Waals surface area contributed by atoms with E-state index in [1.54, 1.807) is 0 Å². The van der Waals surface area contributed by atoms with Gasteiger partial charge in [0.15, 0.2) is 0 Å². The molecule has 0 unspecified atom stereocenters. The number of hydrogen-bond donors (Lipinski definition) is 0. The molecule has 0 radical (unpaired) electrons. The summed E-state index contributed by atoms with van der Waals surface area (Å²) in [5.41, 5.74) is 4.72. The Bertz CT molecular complexity index is 1310. The van der Waals surface area contributed by atoms with E-state index in [1.807, 2.05) is 0 Å². The maximum atomic E-state index is 6.48. The molecule has 0 saturated carbocycles. The molecule has 0 atom stereocenters. The van der Waals surface area contributed by atoms with Crippen LogP contribution in [-0.4, -0.2) is 0 Å². The van der Waals surface area contributed by atoms with Crippen LogP contribution in [0.1, 0.15) is 31.9 Å². The molecule has 1 heteroatoms. The van der Waals surface area contributed by atoms with Gasteiger partial charge in [-0.25, -0.2) is 0 Å². The van der Waals surface area contributed by atoms with E-state index in [0.29, 0.717) is 0 Å². The summed E-state index contributed by atoms with van der Waals surface area (Å²) in [5, 5.41) is 7.39. The van der Waals surface area contributed by atoms with Crippen LogP contribution < -0.4 is 0 Å². The van der Waals surface area contributed by atoms with Crippen molar-refractivity contribution >= 4 is 43.5 Å². The molecule has 0 aliphatic heterocycles. The molecule has 5 aromatic rings. The zero-order chi connectivity index (χ0) is 18.1. The average molecular weight is 338 g/mol. The van der Waals surface area contributed by atoms with Gasteiger partial charge in [-0.15, -0.1) is 0 Å². The van der Waals surface area contributed by atoms with E-state index >= 15 is 0 Å². The number of rotatable bonds is 0. The quantitative estimate of drug-likeness (QED) is 0.266. The van der Waals surface area contributed by atoms with Gasteiger partial charge in [0.05, 0.1) is 0 Å². The van der Waals surface area contributed by atoms with E-state index in [-0.39, 0.29) is 5.41 Å². The number of benzene rings is 4. The van der Waals surface area contributed by atoms with Crippen LogP contribution in [0.3, 0.4) is 0 Å². The van der Waals surface area contributed by atoms with Gasteiger partial charge in [-0.2, -0.15) is 0 Å². The molecule has 1 aromatic heterocycles. The lowest BCUT2D eigenvalue weighted by Gasteiger charge is -2.21. The minimum atomic E-state index is 0.107. The van der Waals surface area contributed by atoms with Crippen LogP contribution in [-0.2, 0) is 5.41 Å². The largest absolute Gasteiger partial charge is 0.455 e. The Hall–Kier alpha value is -2.80. The molecule has 26 heavy (non-hydrogen) atoms. The van der Waals surface area contributed by atoms with Gasteiger partial charge in [-0.1, -0.05) is 69.3 Å². The molecule has 128 valence electrons. The van der Waals surface area contributed by atoms with Crippen LogP contribution in [0, 0.1) is 6.92 Å². The Morgan fingerprint density at radius 1 is 0.615 bits per heavy atom. The maximum absolute atomic E-state index is 6.48. The van der Waals surface area contributed by atoms with Crippen LogP contribution in [0.5, 0.6) is 0 Å². The smallest absolute Gasteiger partial charge is 0.143 e. The SMILES string of the molecule is Cc1c(C(C)(C)C)ccc2c1oc1c2ccc2c3ccccc3ccc21. The Balaban J connectivity index is 1.94. The molecule has 4 aromatic carbocycles. The third-order valence-electron chi connectivity index (χ3n) is 5.58. The molecule has 1 nitrogen and oxygen atoms in total. The summed E-state index contributed by atoms with van der Waals surface area (Å²) in [6.07, 6.45) is 0. The second-order valence-corrected chi connectivity index (χ2v) is 8.29. The molecule has 0 fully saturated rings. The highest BCUT2D eigenvalue weighted by molar-refractivity contribution is 6.20. The molecule has 1 heterocycles. The zero-order valence-corrected chi connectivity index (χ0v) is 15.7. The van der Waals surface area contributed by atoms with E-state index in [9.17, 15) is 0 Å². The first-order valence-electron chi connectivity index (χ1n) is 9.22. The predicted octanol–water partition coefficient (Wildman–Crippen LogP) is 7.50. The van der Waals surface area contributed by atoms with E-state index in [1.165, 1.54) is 43.4 Å². The summed E-state index contributed by atoms with van der Waals surface area (Å²) < 4.78 is 6.48. The first-order chi connectivity index (χ1) is 12.4. The second-order valence-electron chi connectivity index (χ2n) is 8.29. The molecule has 0 amide bonds. The summed E-state index contributed by atoms with van der Waals surface area (Å²) in [4.78, 5) is 0. The van der Waals surface area contributed by atoms with Gasteiger partial charge in [-0.3, -0.25) is 0 Å².